The van der Waals surface area contributed by atoms with Crippen molar-refractivity contribution in [2.75, 3.05) is 6.54 Å². The van der Waals surface area contributed by atoms with Crippen LogP contribution in [0.15, 0.2) is 30.3 Å². The SMILES string of the molecule is O=C(NC[C@H](O)c1ccccc1)C(F)(F)C(F)(F)C(F)(F)F. The van der Waals surface area contributed by atoms with Gasteiger partial charge < -0.3 is 10.4 Å². The Hall–Kier alpha value is -1.84. The normalized spacial score (nSPS) is 14.5. The molecule has 1 rings (SSSR count). The van der Waals surface area contributed by atoms with E-state index in [1.165, 1.54) is 29.6 Å². The number of carbonyl (C=O) groups excluding carboxylic acids is 1. The van der Waals surface area contributed by atoms with E-state index in [0.29, 0.717) is 0 Å². The molecule has 0 bridgehead atoms. The summed E-state index contributed by atoms with van der Waals surface area (Å²) in [5.41, 5.74) is 0.161. The van der Waals surface area contributed by atoms with E-state index in [4.69, 9.17) is 0 Å². The predicted octanol–water partition coefficient (Wildman–Crippen LogP) is 2.67. The van der Waals surface area contributed by atoms with Gasteiger partial charge in [0.2, 0.25) is 0 Å². The molecule has 0 fully saturated rings. The van der Waals surface area contributed by atoms with Crippen molar-refractivity contribution in [3.05, 3.63) is 35.9 Å². The molecule has 124 valence electrons. The third-order valence-corrected chi connectivity index (χ3v) is 2.68. The highest BCUT2D eigenvalue weighted by molar-refractivity contribution is 5.84. The van der Waals surface area contributed by atoms with Gasteiger partial charge in [0, 0.05) is 6.54 Å². The predicted molar refractivity (Wildman–Crippen MR) is 60.4 cm³/mol. The highest BCUT2D eigenvalue weighted by Crippen LogP contribution is 2.46. The molecule has 10 heteroatoms. The maximum absolute atomic E-state index is 13.0. The number of hydrogen-bond donors (Lipinski definition) is 2. The Bertz CT molecular complexity index is 516. The fraction of sp³-hybridized carbons (Fsp3) is 0.417. The van der Waals surface area contributed by atoms with Gasteiger partial charge in [-0.2, -0.15) is 30.7 Å². The van der Waals surface area contributed by atoms with Crippen LogP contribution in [0, 0.1) is 0 Å². The van der Waals surface area contributed by atoms with E-state index >= 15 is 0 Å². The summed E-state index contributed by atoms with van der Waals surface area (Å²) in [5, 5.41) is 10.7. The van der Waals surface area contributed by atoms with Crippen LogP contribution in [0.25, 0.3) is 0 Å². The zero-order chi connectivity index (χ0) is 17.2. The minimum absolute atomic E-state index is 0.161. The Morgan fingerprint density at radius 1 is 1.05 bits per heavy atom. The summed E-state index contributed by atoms with van der Waals surface area (Å²) in [6.45, 7) is -0.952. The number of halogens is 7. The fourth-order valence-electron chi connectivity index (χ4n) is 1.41. The molecule has 0 aromatic heterocycles. The van der Waals surface area contributed by atoms with Crippen LogP contribution in [0.4, 0.5) is 30.7 Å². The lowest BCUT2D eigenvalue weighted by Crippen LogP contribution is -2.59. The van der Waals surface area contributed by atoms with Gasteiger partial charge in [0.05, 0.1) is 6.10 Å². The molecule has 0 saturated heterocycles. The Labute approximate surface area is 119 Å². The molecule has 0 heterocycles. The Kier molecular flexibility index (Phi) is 5.06. The molecule has 1 atom stereocenters. The number of carbonyl (C=O) groups is 1. The lowest BCUT2D eigenvalue weighted by molar-refractivity contribution is -0.344. The molecule has 0 radical (unpaired) electrons. The van der Waals surface area contributed by atoms with E-state index in [0.717, 1.165) is 0 Å². The fourth-order valence-corrected chi connectivity index (χ4v) is 1.41. The maximum atomic E-state index is 13.0. The molecule has 0 aliphatic heterocycles. The Morgan fingerprint density at radius 3 is 2.00 bits per heavy atom. The van der Waals surface area contributed by atoms with Crippen LogP contribution >= 0.6 is 0 Å². The van der Waals surface area contributed by atoms with E-state index in [2.05, 4.69) is 0 Å². The highest BCUT2D eigenvalue weighted by atomic mass is 19.4. The van der Waals surface area contributed by atoms with Gasteiger partial charge in [-0.25, -0.2) is 0 Å². The molecule has 22 heavy (non-hydrogen) atoms. The summed E-state index contributed by atoms with van der Waals surface area (Å²) in [5.74, 6) is -15.4. The van der Waals surface area contributed by atoms with Gasteiger partial charge in [0.15, 0.2) is 0 Å². The second-order valence-electron chi connectivity index (χ2n) is 4.28. The average molecular weight is 333 g/mol. The second kappa shape index (κ2) is 6.11. The zero-order valence-corrected chi connectivity index (χ0v) is 10.7. The monoisotopic (exact) mass is 333 g/mol. The molecule has 0 aliphatic carbocycles. The molecular formula is C12H10F7NO2. The molecule has 0 aliphatic rings. The standard InChI is InChI=1S/C12H10F7NO2/c13-10(14,11(15,16)12(17,18)19)9(22)20-6-8(21)7-4-2-1-3-5-7/h1-5,8,21H,6H2,(H,20,22)/t8-/m0/s1. The van der Waals surface area contributed by atoms with E-state index in [1.807, 2.05) is 0 Å². The number of rotatable bonds is 5. The molecule has 1 aromatic rings. The van der Waals surface area contributed by atoms with E-state index < -0.39 is 36.6 Å². The minimum atomic E-state index is -6.59. The lowest BCUT2D eigenvalue weighted by Gasteiger charge is -2.27. The summed E-state index contributed by atoms with van der Waals surface area (Å²) < 4.78 is 86.9. The molecule has 0 spiro atoms. The van der Waals surface area contributed by atoms with Gasteiger partial charge in [0.25, 0.3) is 5.91 Å². The number of aliphatic hydroxyl groups is 1. The van der Waals surface area contributed by atoms with Crippen molar-refractivity contribution >= 4 is 5.91 Å². The number of amides is 1. The molecule has 0 unspecified atom stereocenters. The van der Waals surface area contributed by atoms with Crippen molar-refractivity contribution in [2.45, 2.75) is 24.1 Å². The van der Waals surface area contributed by atoms with Crippen LogP contribution in [0.2, 0.25) is 0 Å². The van der Waals surface area contributed by atoms with Gasteiger partial charge >= 0.3 is 18.0 Å². The maximum Gasteiger partial charge on any atom is 0.460 e. The van der Waals surface area contributed by atoms with Crippen molar-refractivity contribution in [1.29, 1.82) is 0 Å². The number of aliphatic hydroxyl groups excluding tert-OH is 1. The van der Waals surface area contributed by atoms with Crippen molar-refractivity contribution in [1.82, 2.24) is 5.32 Å². The van der Waals surface area contributed by atoms with E-state index in [-0.39, 0.29) is 5.56 Å². The van der Waals surface area contributed by atoms with Crippen molar-refractivity contribution < 1.29 is 40.6 Å². The first-order valence-corrected chi connectivity index (χ1v) is 5.75. The quantitative estimate of drug-likeness (QED) is 0.814. The van der Waals surface area contributed by atoms with Gasteiger partial charge in [-0.1, -0.05) is 30.3 Å². The Balaban J connectivity index is 2.76. The van der Waals surface area contributed by atoms with Gasteiger partial charge in [-0.3, -0.25) is 4.79 Å². The Morgan fingerprint density at radius 2 is 1.55 bits per heavy atom. The molecule has 3 nitrogen and oxygen atoms in total. The van der Waals surface area contributed by atoms with E-state index in [9.17, 15) is 40.6 Å². The van der Waals surface area contributed by atoms with Gasteiger partial charge in [0.1, 0.15) is 0 Å². The average Bonchev–Trinajstić information content (AvgIpc) is 2.43. The first-order valence-electron chi connectivity index (χ1n) is 5.75. The van der Waals surface area contributed by atoms with Crippen LogP contribution < -0.4 is 5.32 Å². The molecule has 2 N–H and O–H groups in total. The first-order chi connectivity index (χ1) is 9.91. The van der Waals surface area contributed by atoms with Crippen LogP contribution in [-0.2, 0) is 4.79 Å². The number of hydrogen-bond acceptors (Lipinski definition) is 2. The van der Waals surface area contributed by atoms with Crippen molar-refractivity contribution in [3.8, 4) is 0 Å². The van der Waals surface area contributed by atoms with Crippen LogP contribution in [-0.4, -0.2) is 35.6 Å². The summed E-state index contributed by atoms with van der Waals surface area (Å²) in [7, 11) is 0. The molecule has 0 saturated carbocycles. The number of alkyl halides is 7. The first kappa shape index (κ1) is 18.2. The largest absolute Gasteiger partial charge is 0.460 e. The summed E-state index contributed by atoms with van der Waals surface area (Å²) in [6.07, 6.45) is -8.13. The topological polar surface area (TPSA) is 49.3 Å². The highest BCUT2D eigenvalue weighted by Gasteiger charge is 2.76. The van der Waals surface area contributed by atoms with Gasteiger partial charge in [-0.15, -0.1) is 0 Å². The molecule has 1 amide bonds. The number of benzene rings is 1. The number of nitrogens with one attached hydrogen (secondary N) is 1. The minimum Gasteiger partial charge on any atom is -0.387 e. The van der Waals surface area contributed by atoms with Crippen molar-refractivity contribution in [2.24, 2.45) is 0 Å². The van der Waals surface area contributed by atoms with Crippen molar-refractivity contribution in [3.63, 3.8) is 0 Å². The van der Waals surface area contributed by atoms with Gasteiger partial charge in [-0.05, 0) is 5.56 Å². The third-order valence-electron chi connectivity index (χ3n) is 2.68. The van der Waals surface area contributed by atoms with E-state index in [1.54, 1.807) is 6.07 Å². The van der Waals surface area contributed by atoms with Crippen LogP contribution in [0.3, 0.4) is 0 Å². The molecule has 1 aromatic carbocycles. The second-order valence-corrected chi connectivity index (χ2v) is 4.28. The molecular weight excluding hydrogens is 323 g/mol. The smallest absolute Gasteiger partial charge is 0.387 e. The summed E-state index contributed by atoms with van der Waals surface area (Å²) in [4.78, 5) is 10.9. The third kappa shape index (κ3) is 3.49. The zero-order valence-electron chi connectivity index (χ0n) is 10.7. The van der Waals surface area contributed by atoms with Crippen LogP contribution in [0.5, 0.6) is 0 Å². The summed E-state index contributed by atoms with van der Waals surface area (Å²) in [6, 6.07) is 7.19. The van der Waals surface area contributed by atoms with Crippen LogP contribution in [0.1, 0.15) is 11.7 Å². The lowest BCUT2D eigenvalue weighted by atomic mass is 10.1. The summed E-state index contributed by atoms with van der Waals surface area (Å²) >= 11 is 0.